The van der Waals surface area contributed by atoms with E-state index < -0.39 is 33.2 Å². The Morgan fingerprint density at radius 2 is 1.52 bits per heavy atom. The molecule has 0 heterocycles. The van der Waals surface area contributed by atoms with Gasteiger partial charge in [0, 0.05) is 30.6 Å². The third-order valence-electron chi connectivity index (χ3n) is 4.30. The molecular formula is C20H17F3N2O3S. The van der Waals surface area contributed by atoms with Crippen molar-refractivity contribution in [1.29, 1.82) is 0 Å². The van der Waals surface area contributed by atoms with E-state index in [2.05, 4.69) is 4.72 Å². The summed E-state index contributed by atoms with van der Waals surface area (Å²) in [5.41, 5.74) is -0.416. The highest BCUT2D eigenvalue weighted by atomic mass is 32.2. The second kappa shape index (κ2) is 7.40. The fourth-order valence-electron chi connectivity index (χ4n) is 3.01. The number of nitrogens with one attached hydrogen (secondary N) is 1. The lowest BCUT2D eigenvalue weighted by Crippen LogP contribution is -2.25. The lowest BCUT2D eigenvalue weighted by atomic mass is 10.1. The number of hydrogen-bond donors (Lipinski definition) is 1. The Bertz CT molecular complexity index is 1190. The highest BCUT2D eigenvalue weighted by molar-refractivity contribution is 7.93. The molecule has 0 aliphatic heterocycles. The third-order valence-corrected chi connectivity index (χ3v) is 5.73. The second-order valence-electron chi connectivity index (χ2n) is 6.50. The Hall–Kier alpha value is -3.07. The topological polar surface area (TPSA) is 66.5 Å². The van der Waals surface area contributed by atoms with E-state index in [-0.39, 0.29) is 4.90 Å². The fourth-order valence-corrected chi connectivity index (χ4v) is 4.31. The molecule has 0 aliphatic carbocycles. The van der Waals surface area contributed by atoms with Crippen molar-refractivity contribution in [2.24, 2.45) is 0 Å². The number of hydrogen-bond acceptors (Lipinski definition) is 4. The van der Waals surface area contributed by atoms with Gasteiger partial charge < -0.3 is 4.90 Å². The van der Waals surface area contributed by atoms with Gasteiger partial charge in [-0.25, -0.2) is 8.42 Å². The van der Waals surface area contributed by atoms with Gasteiger partial charge in [0.05, 0.1) is 16.1 Å². The summed E-state index contributed by atoms with van der Waals surface area (Å²) in [5.74, 6) is -2.12. The first-order valence-corrected chi connectivity index (χ1v) is 9.93. The van der Waals surface area contributed by atoms with Gasteiger partial charge in [-0.15, -0.1) is 0 Å². The van der Waals surface area contributed by atoms with Crippen LogP contribution in [-0.2, 0) is 10.0 Å². The van der Waals surface area contributed by atoms with E-state index in [4.69, 9.17) is 0 Å². The van der Waals surface area contributed by atoms with Crippen LogP contribution in [0.25, 0.3) is 10.8 Å². The first-order chi connectivity index (χ1) is 13.5. The van der Waals surface area contributed by atoms with Crippen molar-refractivity contribution in [2.75, 3.05) is 23.7 Å². The molecule has 152 valence electrons. The van der Waals surface area contributed by atoms with Gasteiger partial charge >= 0.3 is 6.18 Å². The van der Waals surface area contributed by atoms with Crippen LogP contribution in [0.2, 0.25) is 0 Å². The molecule has 29 heavy (non-hydrogen) atoms. The maximum Gasteiger partial charge on any atom is 0.454 e. The van der Waals surface area contributed by atoms with E-state index in [1.54, 1.807) is 24.3 Å². The van der Waals surface area contributed by atoms with Crippen molar-refractivity contribution < 1.29 is 26.4 Å². The lowest BCUT2D eigenvalue weighted by Gasteiger charge is -2.18. The quantitative estimate of drug-likeness (QED) is 0.617. The Balaban J connectivity index is 2.12. The molecule has 0 aromatic heterocycles. The number of carbonyl (C=O) groups excluding carboxylic acids is 1. The standard InChI is InChI=1S/C20H17F3N2O3S/c1-25(2)17-11-5-9-14-13(17)8-6-12-18(14)29(27,28)24-16-10-4-3-7-15(16)19(26)20(21,22)23/h3-12,24H,1-2H3. The van der Waals surface area contributed by atoms with E-state index in [0.29, 0.717) is 10.8 Å². The van der Waals surface area contributed by atoms with Crippen molar-refractivity contribution in [1.82, 2.24) is 0 Å². The van der Waals surface area contributed by atoms with Crippen molar-refractivity contribution in [3.8, 4) is 0 Å². The van der Waals surface area contributed by atoms with Gasteiger partial charge in [-0.05, 0) is 24.3 Å². The smallest absolute Gasteiger partial charge is 0.377 e. The molecule has 3 aromatic rings. The highest BCUT2D eigenvalue weighted by Crippen LogP contribution is 2.32. The van der Waals surface area contributed by atoms with Crippen LogP contribution in [-0.4, -0.2) is 34.5 Å². The van der Waals surface area contributed by atoms with E-state index in [0.717, 1.165) is 17.8 Å². The van der Waals surface area contributed by atoms with Gasteiger partial charge in [0.1, 0.15) is 0 Å². The predicted octanol–water partition coefficient (Wildman–Crippen LogP) is 4.45. The second-order valence-corrected chi connectivity index (χ2v) is 8.15. The summed E-state index contributed by atoms with van der Waals surface area (Å²) < 4.78 is 66.7. The number of sulfonamides is 1. The lowest BCUT2D eigenvalue weighted by molar-refractivity contribution is -0.0884. The minimum Gasteiger partial charge on any atom is -0.377 e. The monoisotopic (exact) mass is 422 g/mol. The molecule has 0 aliphatic rings. The van der Waals surface area contributed by atoms with Crippen LogP contribution in [0.4, 0.5) is 24.5 Å². The summed E-state index contributed by atoms with van der Waals surface area (Å²) in [7, 11) is -0.647. The summed E-state index contributed by atoms with van der Waals surface area (Å²) >= 11 is 0. The number of rotatable bonds is 5. The van der Waals surface area contributed by atoms with Crippen LogP contribution in [0, 0.1) is 0 Å². The van der Waals surface area contributed by atoms with Gasteiger partial charge in [0.25, 0.3) is 15.8 Å². The summed E-state index contributed by atoms with van der Waals surface area (Å²) in [5, 5.41) is 1.07. The third kappa shape index (κ3) is 4.04. The maximum absolute atomic E-state index is 13.0. The van der Waals surface area contributed by atoms with Gasteiger partial charge in [0.15, 0.2) is 0 Å². The van der Waals surface area contributed by atoms with E-state index in [9.17, 15) is 26.4 Å². The average Bonchev–Trinajstić information content (AvgIpc) is 2.65. The molecule has 0 radical (unpaired) electrons. The van der Waals surface area contributed by atoms with Gasteiger partial charge in [0.2, 0.25) is 0 Å². The SMILES string of the molecule is CN(C)c1cccc2c(S(=O)(=O)Nc3ccccc3C(=O)C(F)(F)F)cccc12. The molecule has 5 nitrogen and oxygen atoms in total. The van der Waals surface area contributed by atoms with Crippen LogP contribution in [0.15, 0.2) is 65.6 Å². The summed E-state index contributed by atoms with van der Waals surface area (Å²) in [6.45, 7) is 0. The number of ketones is 1. The first-order valence-electron chi connectivity index (χ1n) is 8.45. The van der Waals surface area contributed by atoms with Crippen LogP contribution >= 0.6 is 0 Å². The van der Waals surface area contributed by atoms with E-state index in [1.807, 2.05) is 25.1 Å². The normalized spacial score (nSPS) is 12.0. The molecule has 0 saturated carbocycles. The van der Waals surface area contributed by atoms with Crippen molar-refractivity contribution in [2.45, 2.75) is 11.1 Å². The van der Waals surface area contributed by atoms with Crippen molar-refractivity contribution >= 4 is 38.0 Å². The van der Waals surface area contributed by atoms with Gasteiger partial charge in [-0.1, -0.05) is 36.4 Å². The van der Waals surface area contributed by atoms with E-state index >= 15 is 0 Å². The Kier molecular flexibility index (Phi) is 5.27. The highest BCUT2D eigenvalue weighted by Gasteiger charge is 2.40. The molecule has 0 bridgehead atoms. The molecule has 1 N–H and O–H groups in total. The number of Topliss-reactive ketones (excluding diaryl/α,β-unsaturated/α-hetero) is 1. The summed E-state index contributed by atoms with van der Waals surface area (Å²) in [6.07, 6.45) is -5.12. The number of para-hydroxylation sites is 1. The van der Waals surface area contributed by atoms with Gasteiger partial charge in [-0.2, -0.15) is 13.2 Å². The zero-order valence-electron chi connectivity index (χ0n) is 15.5. The molecule has 0 spiro atoms. The number of anilines is 2. The van der Waals surface area contributed by atoms with Gasteiger partial charge in [-0.3, -0.25) is 9.52 Å². The molecule has 0 fully saturated rings. The van der Waals surface area contributed by atoms with Crippen LogP contribution < -0.4 is 9.62 Å². The summed E-state index contributed by atoms with van der Waals surface area (Å²) in [6, 6.07) is 14.4. The van der Waals surface area contributed by atoms with Crippen molar-refractivity contribution in [3.63, 3.8) is 0 Å². The number of halogens is 3. The van der Waals surface area contributed by atoms with Crippen molar-refractivity contribution in [3.05, 3.63) is 66.2 Å². The number of benzene rings is 3. The average molecular weight is 422 g/mol. The first kappa shape index (κ1) is 20.7. The largest absolute Gasteiger partial charge is 0.454 e. The molecule has 0 atom stereocenters. The Morgan fingerprint density at radius 3 is 2.17 bits per heavy atom. The summed E-state index contributed by atoms with van der Waals surface area (Å²) in [4.78, 5) is 13.4. The maximum atomic E-state index is 13.0. The molecule has 0 saturated heterocycles. The minimum absolute atomic E-state index is 0.104. The molecule has 9 heteroatoms. The Morgan fingerprint density at radius 1 is 0.897 bits per heavy atom. The molecule has 3 aromatic carbocycles. The minimum atomic E-state index is -5.12. The van der Waals surface area contributed by atoms with Crippen LogP contribution in [0.5, 0.6) is 0 Å². The zero-order valence-corrected chi connectivity index (χ0v) is 16.3. The molecule has 0 unspecified atom stereocenters. The Labute approximate surface area is 165 Å². The zero-order chi connectivity index (χ0) is 21.4. The number of fused-ring (bicyclic) bond motifs is 1. The number of nitrogens with zero attached hydrogens (tertiary/aromatic N) is 1. The fraction of sp³-hybridized carbons (Fsp3) is 0.150. The number of carbonyl (C=O) groups is 1. The van der Waals surface area contributed by atoms with Crippen LogP contribution in [0.3, 0.4) is 0 Å². The molecule has 3 rings (SSSR count). The molecular weight excluding hydrogens is 405 g/mol. The van der Waals surface area contributed by atoms with E-state index in [1.165, 1.54) is 18.2 Å². The number of alkyl halides is 3. The molecule has 0 amide bonds. The van der Waals surface area contributed by atoms with Crippen LogP contribution in [0.1, 0.15) is 10.4 Å². The predicted molar refractivity (Wildman–Crippen MR) is 106 cm³/mol.